The molecule has 1 fully saturated rings. The number of carbonyl (C=O) groups excluding carboxylic acids is 2. The Morgan fingerprint density at radius 1 is 1.07 bits per heavy atom. The van der Waals surface area contributed by atoms with Crippen LogP contribution in [0.2, 0.25) is 0 Å². The summed E-state index contributed by atoms with van der Waals surface area (Å²) in [6.45, 7) is 3.14. The van der Waals surface area contributed by atoms with Crippen molar-refractivity contribution in [1.29, 1.82) is 0 Å². The molecule has 210 valence electrons. The Bertz CT molecular complexity index is 1720. The van der Waals surface area contributed by atoms with E-state index in [-0.39, 0.29) is 22.7 Å². The number of benzene rings is 2. The Morgan fingerprint density at radius 3 is 2.56 bits per heavy atom. The number of rotatable bonds is 6. The number of hydrogen-bond acceptors (Lipinski definition) is 8. The molecule has 4 aromatic rings. The molecule has 1 spiro atoms. The molecular formula is C31H29N3O7. The van der Waals surface area contributed by atoms with E-state index in [1.807, 2.05) is 13.1 Å². The lowest BCUT2D eigenvalue weighted by atomic mass is 9.70. The molecule has 10 nitrogen and oxygen atoms in total. The first-order valence-electron chi connectivity index (χ1n) is 13.3. The van der Waals surface area contributed by atoms with Crippen LogP contribution < -0.4 is 19.6 Å². The molecular weight excluding hydrogens is 526 g/mol. The lowest BCUT2D eigenvalue weighted by molar-refractivity contribution is -0.0138. The Hall–Kier alpha value is -4.70. The van der Waals surface area contributed by atoms with Gasteiger partial charge in [-0.2, -0.15) is 4.73 Å². The molecule has 1 atom stereocenters. The Kier molecular flexibility index (Phi) is 6.50. The molecule has 1 saturated heterocycles. The van der Waals surface area contributed by atoms with Gasteiger partial charge in [-0.3, -0.25) is 14.6 Å². The number of ether oxygens (including phenoxy) is 2. The van der Waals surface area contributed by atoms with Crippen LogP contribution in [0.1, 0.15) is 49.5 Å². The summed E-state index contributed by atoms with van der Waals surface area (Å²) < 4.78 is 13.8. The number of ketones is 2. The summed E-state index contributed by atoms with van der Waals surface area (Å²) >= 11 is 0. The van der Waals surface area contributed by atoms with Gasteiger partial charge in [0.25, 0.3) is 0 Å². The van der Waals surface area contributed by atoms with Gasteiger partial charge in [-0.05, 0) is 61.5 Å². The predicted octanol–water partition coefficient (Wildman–Crippen LogP) is 3.97. The van der Waals surface area contributed by atoms with Crippen LogP contribution in [0.25, 0.3) is 22.0 Å². The lowest BCUT2D eigenvalue weighted by Crippen LogP contribution is -2.58. The summed E-state index contributed by atoms with van der Waals surface area (Å²) in [7, 11) is 3.08. The Balaban J connectivity index is 1.47. The molecule has 0 aliphatic carbocycles. The largest absolute Gasteiger partial charge is 0.496 e. The highest BCUT2D eigenvalue weighted by molar-refractivity contribution is 6.19. The highest BCUT2D eigenvalue weighted by Crippen LogP contribution is 2.45. The Labute approximate surface area is 235 Å². The normalized spacial score (nSPS) is 17.6. The number of hydrogen-bond donors (Lipinski definition) is 2. The van der Waals surface area contributed by atoms with Crippen molar-refractivity contribution in [2.45, 2.75) is 25.4 Å². The molecule has 0 radical (unpaired) electrons. The molecule has 2 N–H and O–H groups in total. The number of nitrogens with one attached hydrogen (secondary N) is 1. The first-order chi connectivity index (χ1) is 19.8. The van der Waals surface area contributed by atoms with Crippen LogP contribution >= 0.6 is 0 Å². The number of nitrogens with zero attached hydrogens (tertiary/aromatic N) is 2. The molecule has 10 heteroatoms. The maximum Gasteiger partial charge on any atom is 0.337 e. The molecule has 4 heterocycles. The van der Waals surface area contributed by atoms with Gasteiger partial charge < -0.3 is 24.7 Å². The zero-order valence-electron chi connectivity index (χ0n) is 22.9. The van der Waals surface area contributed by atoms with Gasteiger partial charge in [-0.1, -0.05) is 6.07 Å². The Morgan fingerprint density at radius 2 is 1.85 bits per heavy atom. The van der Waals surface area contributed by atoms with E-state index >= 15 is 0 Å². The SMILES string of the molecule is COc1cc(C(=O)[C@@H]2C(=O)c3cc(-c4cncc(C(=O)O)c4)ccc3OC23CCNCC3)cc2c1c(C)cn2OC. The number of aromatic carboxylic acids is 1. The van der Waals surface area contributed by atoms with Gasteiger partial charge in [-0.15, -0.1) is 0 Å². The van der Waals surface area contributed by atoms with Crippen molar-refractivity contribution in [3.63, 3.8) is 0 Å². The third-order valence-electron chi connectivity index (χ3n) is 8.10. The number of piperidine rings is 1. The van der Waals surface area contributed by atoms with Crippen molar-refractivity contribution in [1.82, 2.24) is 15.0 Å². The van der Waals surface area contributed by atoms with E-state index in [4.69, 9.17) is 14.3 Å². The third-order valence-corrected chi connectivity index (χ3v) is 8.10. The van der Waals surface area contributed by atoms with E-state index in [2.05, 4.69) is 10.3 Å². The minimum absolute atomic E-state index is 0.0323. The molecule has 2 aromatic heterocycles. The average molecular weight is 556 g/mol. The van der Waals surface area contributed by atoms with Gasteiger partial charge in [0.05, 0.1) is 23.8 Å². The fraction of sp³-hybridized carbons (Fsp3) is 0.290. The van der Waals surface area contributed by atoms with Crippen molar-refractivity contribution in [2.24, 2.45) is 5.92 Å². The second-order valence-corrected chi connectivity index (χ2v) is 10.4. The summed E-state index contributed by atoms with van der Waals surface area (Å²) in [5.74, 6) is -1.97. The minimum Gasteiger partial charge on any atom is -0.496 e. The van der Waals surface area contributed by atoms with E-state index in [0.29, 0.717) is 59.6 Å². The number of pyridine rings is 1. The molecule has 0 bridgehead atoms. The number of Topliss-reactive ketones (excluding diaryl/α,β-unsaturated/α-hetero) is 2. The molecule has 6 rings (SSSR count). The molecule has 41 heavy (non-hydrogen) atoms. The van der Waals surface area contributed by atoms with E-state index < -0.39 is 17.5 Å². The van der Waals surface area contributed by atoms with Gasteiger partial charge in [0, 0.05) is 47.9 Å². The quantitative estimate of drug-likeness (QED) is 0.268. The zero-order valence-corrected chi connectivity index (χ0v) is 22.9. The van der Waals surface area contributed by atoms with Crippen LogP contribution in [-0.2, 0) is 0 Å². The molecule has 2 aliphatic heterocycles. The standard InChI is InChI=1S/C31H29N3O7/c1-17-16-34(40-3)23-12-19(13-25(39-2)26(17)23)28(35)27-29(36)22-11-18(20-10-21(30(37)38)15-33-14-20)4-5-24(22)41-31(27)6-8-32-9-7-31/h4-5,10-16,27,32H,6-9H2,1-3H3,(H,37,38)/t27-/m1/s1. The fourth-order valence-corrected chi connectivity index (χ4v) is 6.08. The second kappa shape index (κ2) is 10.0. The molecule has 2 aliphatic rings. The summed E-state index contributed by atoms with van der Waals surface area (Å²) in [6, 6.07) is 10.0. The zero-order chi connectivity index (χ0) is 28.9. The van der Waals surface area contributed by atoms with Gasteiger partial charge in [0.15, 0.2) is 11.6 Å². The first kappa shape index (κ1) is 26.5. The minimum atomic E-state index is -1.10. The second-order valence-electron chi connectivity index (χ2n) is 10.4. The van der Waals surface area contributed by atoms with Crippen molar-refractivity contribution < 1.29 is 33.8 Å². The van der Waals surface area contributed by atoms with Gasteiger partial charge in [0.1, 0.15) is 30.1 Å². The fourth-order valence-electron chi connectivity index (χ4n) is 6.08. The summed E-state index contributed by atoms with van der Waals surface area (Å²) in [6.07, 6.45) is 5.58. The predicted molar refractivity (Wildman–Crippen MR) is 150 cm³/mol. The molecule has 0 amide bonds. The number of methoxy groups -OCH3 is 1. The van der Waals surface area contributed by atoms with E-state index in [1.165, 1.54) is 18.5 Å². The van der Waals surface area contributed by atoms with Crippen LogP contribution in [0.4, 0.5) is 0 Å². The monoisotopic (exact) mass is 555 g/mol. The average Bonchev–Trinajstić information content (AvgIpc) is 3.32. The van der Waals surface area contributed by atoms with Crippen LogP contribution in [-0.4, -0.2) is 65.3 Å². The number of aryl methyl sites for hydroxylation is 1. The van der Waals surface area contributed by atoms with Crippen LogP contribution in [0.5, 0.6) is 11.5 Å². The topological polar surface area (TPSA) is 129 Å². The van der Waals surface area contributed by atoms with Crippen LogP contribution in [0, 0.1) is 12.8 Å². The first-order valence-corrected chi connectivity index (χ1v) is 13.3. The van der Waals surface area contributed by atoms with Crippen molar-refractivity contribution in [3.8, 4) is 22.6 Å². The molecule has 0 unspecified atom stereocenters. The van der Waals surface area contributed by atoms with E-state index in [9.17, 15) is 19.5 Å². The lowest BCUT2D eigenvalue weighted by Gasteiger charge is -2.45. The van der Waals surface area contributed by atoms with Crippen LogP contribution in [0.15, 0.2) is 55.0 Å². The van der Waals surface area contributed by atoms with Gasteiger partial charge >= 0.3 is 5.97 Å². The number of fused-ring (bicyclic) bond motifs is 2. The van der Waals surface area contributed by atoms with Crippen molar-refractivity contribution in [2.75, 3.05) is 27.3 Å². The van der Waals surface area contributed by atoms with Gasteiger partial charge in [-0.25, -0.2) is 4.79 Å². The maximum absolute atomic E-state index is 14.4. The highest BCUT2D eigenvalue weighted by Gasteiger charge is 2.54. The third kappa shape index (κ3) is 4.31. The van der Waals surface area contributed by atoms with Crippen molar-refractivity contribution >= 4 is 28.4 Å². The number of aromatic nitrogens is 2. The number of carboxylic acid groups (broad SMARTS) is 1. The van der Waals surface area contributed by atoms with Gasteiger partial charge in [0.2, 0.25) is 0 Å². The van der Waals surface area contributed by atoms with Crippen molar-refractivity contribution in [3.05, 3.63) is 77.2 Å². The van der Waals surface area contributed by atoms with Crippen LogP contribution in [0.3, 0.4) is 0 Å². The number of carbonyl (C=O) groups is 3. The maximum atomic E-state index is 14.4. The molecule has 2 aromatic carbocycles. The summed E-state index contributed by atoms with van der Waals surface area (Å²) in [5.41, 5.74) is 2.33. The molecule has 0 saturated carbocycles. The summed E-state index contributed by atoms with van der Waals surface area (Å²) in [5, 5.41) is 13.5. The number of carboxylic acids is 1. The summed E-state index contributed by atoms with van der Waals surface area (Å²) in [4.78, 5) is 49.7. The smallest absolute Gasteiger partial charge is 0.337 e. The van der Waals surface area contributed by atoms with E-state index in [1.54, 1.807) is 49.3 Å². The highest BCUT2D eigenvalue weighted by atomic mass is 16.6. The van der Waals surface area contributed by atoms with E-state index in [0.717, 1.165) is 10.9 Å².